The number of hydrogen-bond donors (Lipinski definition) is 1. The predicted octanol–water partition coefficient (Wildman–Crippen LogP) is 1.29. The van der Waals surface area contributed by atoms with Crippen molar-refractivity contribution in [2.75, 3.05) is 32.5 Å². The number of morpholine rings is 1. The number of fused-ring (bicyclic) bond motifs is 1. The molecule has 8 heteroatoms. The minimum Gasteiger partial charge on any atom is -0.374 e. The quantitative estimate of drug-likeness (QED) is 0.898. The summed E-state index contributed by atoms with van der Waals surface area (Å²) in [4.78, 5) is 12.9. The minimum atomic E-state index is -3.22. The fourth-order valence-corrected chi connectivity index (χ4v) is 4.33. The number of sulfonamides is 1. The van der Waals surface area contributed by atoms with Gasteiger partial charge >= 0.3 is 0 Å². The van der Waals surface area contributed by atoms with E-state index >= 15 is 0 Å². The van der Waals surface area contributed by atoms with Gasteiger partial charge in [0.05, 0.1) is 23.8 Å². The molecule has 1 N–H and O–H groups in total. The van der Waals surface area contributed by atoms with Crippen molar-refractivity contribution in [2.24, 2.45) is 0 Å². The Bertz CT molecular complexity index is 783. The van der Waals surface area contributed by atoms with Crippen LogP contribution in [0.2, 0.25) is 0 Å². The third-order valence-electron chi connectivity index (χ3n) is 3.71. The second-order valence-electron chi connectivity index (χ2n) is 5.47. The van der Waals surface area contributed by atoms with Gasteiger partial charge < -0.3 is 10.1 Å². The highest BCUT2D eigenvalue weighted by molar-refractivity contribution is 7.88. The lowest BCUT2D eigenvalue weighted by molar-refractivity contribution is 0.000461. The number of ether oxygens (including phenoxy) is 1. The fraction of sp³-hybridized carbons (Fsp3) is 0.400. The number of carbonyl (C=O) groups excluding carboxylic acids is 1. The Balaban J connectivity index is 1.60. The molecule has 23 heavy (non-hydrogen) atoms. The molecular weight excluding hydrogens is 336 g/mol. The zero-order valence-electron chi connectivity index (χ0n) is 12.7. The Hall–Kier alpha value is -1.48. The summed E-state index contributed by atoms with van der Waals surface area (Å²) >= 11 is 1.44. The van der Waals surface area contributed by atoms with Crippen molar-refractivity contribution in [3.8, 4) is 0 Å². The maximum Gasteiger partial charge on any atom is 0.261 e. The highest BCUT2D eigenvalue weighted by Gasteiger charge is 2.26. The van der Waals surface area contributed by atoms with Gasteiger partial charge in [-0.25, -0.2) is 8.42 Å². The molecule has 1 unspecified atom stereocenters. The van der Waals surface area contributed by atoms with Gasteiger partial charge in [0.1, 0.15) is 0 Å². The molecule has 124 valence electrons. The molecule has 1 aliphatic heterocycles. The summed E-state index contributed by atoms with van der Waals surface area (Å²) in [7, 11) is -3.22. The minimum absolute atomic E-state index is 0.161. The van der Waals surface area contributed by atoms with E-state index in [0.717, 1.165) is 10.1 Å². The van der Waals surface area contributed by atoms with Crippen molar-refractivity contribution >= 4 is 37.4 Å². The molecule has 0 radical (unpaired) electrons. The summed E-state index contributed by atoms with van der Waals surface area (Å²) in [5.74, 6) is -0.161. The van der Waals surface area contributed by atoms with Gasteiger partial charge in [-0.15, -0.1) is 11.3 Å². The Morgan fingerprint density at radius 2 is 2.22 bits per heavy atom. The highest BCUT2D eigenvalue weighted by atomic mass is 32.2. The monoisotopic (exact) mass is 354 g/mol. The number of thiophene rings is 1. The van der Waals surface area contributed by atoms with Gasteiger partial charge in [-0.2, -0.15) is 4.31 Å². The maximum absolute atomic E-state index is 12.2. The molecule has 0 bridgehead atoms. The number of amides is 1. The van der Waals surface area contributed by atoms with E-state index in [9.17, 15) is 13.2 Å². The van der Waals surface area contributed by atoms with Crippen LogP contribution in [0.1, 0.15) is 9.67 Å². The van der Waals surface area contributed by atoms with Crippen LogP contribution in [0.4, 0.5) is 0 Å². The van der Waals surface area contributed by atoms with Gasteiger partial charge in [-0.3, -0.25) is 4.79 Å². The lowest BCUT2D eigenvalue weighted by Crippen LogP contribution is -2.49. The summed E-state index contributed by atoms with van der Waals surface area (Å²) in [6.07, 6.45) is 0.863. The molecule has 2 aromatic rings. The van der Waals surface area contributed by atoms with E-state index in [1.54, 1.807) is 0 Å². The predicted molar refractivity (Wildman–Crippen MR) is 90.3 cm³/mol. The van der Waals surface area contributed by atoms with Crippen LogP contribution >= 0.6 is 11.3 Å². The Kier molecular flexibility index (Phi) is 4.67. The molecule has 0 aliphatic carbocycles. The number of rotatable bonds is 4. The number of benzene rings is 1. The van der Waals surface area contributed by atoms with Crippen LogP contribution in [0.15, 0.2) is 30.3 Å². The van der Waals surface area contributed by atoms with Crippen LogP contribution in [0.5, 0.6) is 0 Å². The molecule has 1 aliphatic rings. The van der Waals surface area contributed by atoms with Crippen molar-refractivity contribution in [2.45, 2.75) is 6.10 Å². The van der Waals surface area contributed by atoms with Gasteiger partial charge in [0.15, 0.2) is 0 Å². The second-order valence-corrected chi connectivity index (χ2v) is 8.54. The molecule has 3 rings (SSSR count). The van der Waals surface area contributed by atoms with Crippen molar-refractivity contribution in [3.63, 3.8) is 0 Å². The number of hydrogen-bond acceptors (Lipinski definition) is 5. The zero-order valence-corrected chi connectivity index (χ0v) is 14.3. The average molecular weight is 354 g/mol. The number of nitrogens with one attached hydrogen (secondary N) is 1. The van der Waals surface area contributed by atoms with E-state index in [4.69, 9.17) is 4.74 Å². The molecule has 1 fully saturated rings. The SMILES string of the molecule is CS(=O)(=O)N1CCOC(CNC(=O)c2cc3ccccc3s2)C1. The molecule has 1 aromatic heterocycles. The van der Waals surface area contributed by atoms with Crippen molar-refractivity contribution < 1.29 is 17.9 Å². The first-order valence-electron chi connectivity index (χ1n) is 7.27. The van der Waals surface area contributed by atoms with Crippen molar-refractivity contribution in [1.29, 1.82) is 0 Å². The van der Waals surface area contributed by atoms with Crippen molar-refractivity contribution in [3.05, 3.63) is 35.2 Å². The lowest BCUT2D eigenvalue weighted by atomic mass is 10.2. The van der Waals surface area contributed by atoms with Crippen LogP contribution in [-0.4, -0.2) is 57.2 Å². The molecule has 0 spiro atoms. The largest absolute Gasteiger partial charge is 0.374 e. The molecule has 1 aromatic carbocycles. The van der Waals surface area contributed by atoms with E-state index in [1.165, 1.54) is 21.9 Å². The van der Waals surface area contributed by atoms with E-state index < -0.39 is 10.0 Å². The molecule has 0 saturated carbocycles. The van der Waals surface area contributed by atoms with Crippen LogP contribution in [-0.2, 0) is 14.8 Å². The third kappa shape index (κ3) is 3.89. The first-order valence-corrected chi connectivity index (χ1v) is 9.93. The second kappa shape index (κ2) is 6.56. The van der Waals surface area contributed by atoms with Gasteiger partial charge in [0.2, 0.25) is 10.0 Å². The Morgan fingerprint density at radius 3 is 2.96 bits per heavy atom. The Labute approximate surface area is 139 Å². The van der Waals surface area contributed by atoms with Crippen LogP contribution in [0.3, 0.4) is 0 Å². The van der Waals surface area contributed by atoms with E-state index in [2.05, 4.69) is 5.32 Å². The van der Waals surface area contributed by atoms with Gasteiger partial charge in [-0.05, 0) is 17.5 Å². The Morgan fingerprint density at radius 1 is 1.43 bits per heavy atom. The molecule has 1 amide bonds. The molecule has 2 heterocycles. The number of carbonyl (C=O) groups is 1. The van der Waals surface area contributed by atoms with Crippen LogP contribution < -0.4 is 5.32 Å². The standard InChI is InChI=1S/C15H18N2O4S2/c1-23(19,20)17-6-7-21-12(10-17)9-16-15(18)14-8-11-4-2-3-5-13(11)22-14/h2-5,8,12H,6-7,9-10H2,1H3,(H,16,18). The molecule has 1 atom stereocenters. The fourth-order valence-electron chi connectivity index (χ4n) is 2.50. The summed E-state index contributed by atoms with van der Waals surface area (Å²) in [5, 5.41) is 3.87. The van der Waals surface area contributed by atoms with Crippen molar-refractivity contribution in [1.82, 2.24) is 9.62 Å². The lowest BCUT2D eigenvalue weighted by Gasteiger charge is -2.31. The molecule has 6 nitrogen and oxygen atoms in total. The van der Waals surface area contributed by atoms with Gasteiger partial charge in [0.25, 0.3) is 5.91 Å². The molecule has 1 saturated heterocycles. The maximum atomic E-state index is 12.2. The van der Waals surface area contributed by atoms with E-state index in [1.807, 2.05) is 30.3 Å². The first-order chi connectivity index (χ1) is 10.9. The first kappa shape index (κ1) is 16.4. The van der Waals surface area contributed by atoms with Crippen LogP contribution in [0.25, 0.3) is 10.1 Å². The highest BCUT2D eigenvalue weighted by Crippen LogP contribution is 2.25. The van der Waals surface area contributed by atoms with Gasteiger partial charge in [0, 0.05) is 24.3 Å². The van der Waals surface area contributed by atoms with Gasteiger partial charge in [-0.1, -0.05) is 18.2 Å². The smallest absolute Gasteiger partial charge is 0.261 e. The third-order valence-corrected chi connectivity index (χ3v) is 6.09. The summed E-state index contributed by atoms with van der Waals surface area (Å²) in [5.41, 5.74) is 0. The topological polar surface area (TPSA) is 75.7 Å². The summed E-state index contributed by atoms with van der Waals surface area (Å²) < 4.78 is 31.1. The summed E-state index contributed by atoms with van der Waals surface area (Å²) in [6.45, 7) is 1.26. The zero-order chi connectivity index (χ0) is 16.4. The summed E-state index contributed by atoms with van der Waals surface area (Å²) in [6, 6.07) is 9.68. The number of nitrogens with zero attached hydrogens (tertiary/aromatic N) is 1. The average Bonchev–Trinajstić information content (AvgIpc) is 2.96. The van der Waals surface area contributed by atoms with E-state index in [0.29, 0.717) is 24.6 Å². The molecular formula is C15H18N2O4S2. The van der Waals surface area contributed by atoms with Crippen LogP contribution in [0, 0.1) is 0 Å². The van der Waals surface area contributed by atoms with E-state index in [-0.39, 0.29) is 18.6 Å². The normalized spacial score (nSPS) is 19.8.